The van der Waals surface area contributed by atoms with Crippen LogP contribution in [0.1, 0.15) is 12.5 Å². The summed E-state index contributed by atoms with van der Waals surface area (Å²) in [7, 11) is 0. The highest BCUT2D eigenvalue weighted by Gasteiger charge is 2.19. The van der Waals surface area contributed by atoms with Crippen LogP contribution in [0.15, 0.2) is 36.4 Å². The fourth-order valence-corrected chi connectivity index (χ4v) is 2.74. The Kier molecular flexibility index (Phi) is 4.20. The molecule has 0 radical (unpaired) electrons. The lowest BCUT2D eigenvalue weighted by molar-refractivity contribution is -0.136. The Labute approximate surface area is 136 Å². The Morgan fingerprint density at radius 3 is 2.67 bits per heavy atom. The topological polar surface area (TPSA) is 62.3 Å². The molecule has 3 aromatic rings. The Bertz CT molecular complexity index is 918. The van der Waals surface area contributed by atoms with Crippen molar-refractivity contribution in [2.24, 2.45) is 0 Å². The summed E-state index contributed by atoms with van der Waals surface area (Å²) >= 11 is 0. The highest BCUT2D eigenvalue weighted by atomic mass is 19.1. The van der Waals surface area contributed by atoms with E-state index >= 15 is 0 Å². The quantitative estimate of drug-likeness (QED) is 0.738. The first kappa shape index (κ1) is 16.0. The molecule has 1 aromatic heterocycles. The monoisotopic (exact) mass is 331 g/mol. The lowest BCUT2D eigenvalue weighted by Crippen LogP contribution is -2.01. The Balaban J connectivity index is 2.24. The first-order valence-electron chi connectivity index (χ1n) is 7.44. The molecule has 0 saturated carbocycles. The second-order valence-corrected chi connectivity index (χ2v) is 5.31. The van der Waals surface area contributed by atoms with Crippen LogP contribution >= 0.6 is 0 Å². The standard InChI is InChI=1S/C18H15F2NO3/c1-2-24-11-4-6-16-13(8-11)14(9-17(22)23)18(21-16)12-5-3-10(19)7-15(12)20/h3-8,21H,2,9H2,1H3,(H,22,23). The van der Waals surface area contributed by atoms with Gasteiger partial charge in [0.1, 0.15) is 17.4 Å². The third-order valence-corrected chi connectivity index (χ3v) is 3.72. The van der Waals surface area contributed by atoms with E-state index in [0.717, 1.165) is 12.1 Å². The molecule has 0 fully saturated rings. The minimum atomic E-state index is -1.04. The molecule has 0 atom stereocenters. The van der Waals surface area contributed by atoms with Crippen molar-refractivity contribution in [2.75, 3.05) is 6.61 Å². The van der Waals surface area contributed by atoms with Crippen molar-refractivity contribution < 1.29 is 23.4 Å². The minimum absolute atomic E-state index is 0.127. The number of nitrogens with one attached hydrogen (secondary N) is 1. The summed E-state index contributed by atoms with van der Waals surface area (Å²) in [4.78, 5) is 14.3. The third kappa shape index (κ3) is 2.95. The number of halogens is 2. The first-order chi connectivity index (χ1) is 11.5. The summed E-state index contributed by atoms with van der Waals surface area (Å²) in [5.74, 6) is -1.88. The largest absolute Gasteiger partial charge is 0.494 e. The van der Waals surface area contributed by atoms with Crippen molar-refractivity contribution in [2.45, 2.75) is 13.3 Å². The average molecular weight is 331 g/mol. The van der Waals surface area contributed by atoms with Crippen molar-refractivity contribution in [1.82, 2.24) is 4.98 Å². The van der Waals surface area contributed by atoms with Crippen LogP contribution in [-0.2, 0) is 11.2 Å². The molecule has 2 N–H and O–H groups in total. The van der Waals surface area contributed by atoms with Crippen molar-refractivity contribution in [3.8, 4) is 17.0 Å². The maximum atomic E-state index is 14.1. The second-order valence-electron chi connectivity index (χ2n) is 5.31. The summed E-state index contributed by atoms with van der Waals surface area (Å²) in [6, 6.07) is 8.42. The molecule has 0 saturated heterocycles. The van der Waals surface area contributed by atoms with Gasteiger partial charge < -0.3 is 14.8 Å². The van der Waals surface area contributed by atoms with E-state index < -0.39 is 17.6 Å². The number of aliphatic carboxylic acids is 1. The molecular formula is C18H15F2NO3. The fraction of sp³-hybridized carbons (Fsp3) is 0.167. The van der Waals surface area contributed by atoms with Crippen LogP contribution in [0.25, 0.3) is 22.2 Å². The third-order valence-electron chi connectivity index (χ3n) is 3.72. The zero-order chi connectivity index (χ0) is 17.3. The number of carboxylic acids is 1. The number of aromatic nitrogens is 1. The lowest BCUT2D eigenvalue weighted by atomic mass is 10.0. The summed E-state index contributed by atoms with van der Waals surface area (Å²) in [5.41, 5.74) is 1.55. The van der Waals surface area contributed by atoms with E-state index in [2.05, 4.69) is 4.98 Å². The molecule has 124 valence electrons. The number of benzene rings is 2. The molecule has 0 aliphatic carbocycles. The van der Waals surface area contributed by atoms with Crippen LogP contribution in [0, 0.1) is 11.6 Å². The predicted molar refractivity (Wildman–Crippen MR) is 86.2 cm³/mol. The SMILES string of the molecule is CCOc1ccc2[nH]c(-c3ccc(F)cc3F)c(CC(=O)O)c2c1. The fourth-order valence-electron chi connectivity index (χ4n) is 2.74. The van der Waals surface area contributed by atoms with Gasteiger partial charge in [-0.1, -0.05) is 0 Å². The number of aromatic amines is 1. The number of H-pyrrole nitrogens is 1. The molecule has 4 nitrogen and oxygen atoms in total. The van der Waals surface area contributed by atoms with Gasteiger partial charge in [0.25, 0.3) is 0 Å². The second kappa shape index (κ2) is 6.31. The van der Waals surface area contributed by atoms with E-state index in [1.54, 1.807) is 18.2 Å². The zero-order valence-electron chi connectivity index (χ0n) is 12.9. The normalized spacial score (nSPS) is 11.0. The molecule has 0 amide bonds. The van der Waals surface area contributed by atoms with Gasteiger partial charge in [-0.05, 0) is 42.8 Å². The molecule has 0 bridgehead atoms. The molecule has 24 heavy (non-hydrogen) atoms. The Morgan fingerprint density at radius 1 is 1.21 bits per heavy atom. The molecular weight excluding hydrogens is 316 g/mol. The minimum Gasteiger partial charge on any atom is -0.494 e. The van der Waals surface area contributed by atoms with Gasteiger partial charge in [0.05, 0.1) is 18.7 Å². The summed E-state index contributed by atoms with van der Waals surface area (Å²) < 4.78 is 32.7. The van der Waals surface area contributed by atoms with Gasteiger partial charge in [-0.3, -0.25) is 4.79 Å². The number of ether oxygens (including phenoxy) is 1. The van der Waals surface area contributed by atoms with Crippen molar-refractivity contribution >= 4 is 16.9 Å². The number of carbonyl (C=O) groups is 1. The number of fused-ring (bicyclic) bond motifs is 1. The van der Waals surface area contributed by atoms with Crippen molar-refractivity contribution in [3.05, 3.63) is 53.6 Å². The number of rotatable bonds is 5. The van der Waals surface area contributed by atoms with Crippen LogP contribution in [-0.4, -0.2) is 22.7 Å². The van der Waals surface area contributed by atoms with E-state index in [9.17, 15) is 18.7 Å². The Morgan fingerprint density at radius 2 is 2.00 bits per heavy atom. The van der Waals surface area contributed by atoms with Gasteiger partial charge in [0, 0.05) is 22.5 Å². The highest BCUT2D eigenvalue weighted by Crippen LogP contribution is 2.34. The molecule has 1 heterocycles. The average Bonchev–Trinajstić information content (AvgIpc) is 2.85. The summed E-state index contributed by atoms with van der Waals surface area (Å²) in [5, 5.41) is 9.84. The summed E-state index contributed by atoms with van der Waals surface area (Å²) in [6.45, 7) is 2.32. The molecule has 6 heteroatoms. The van der Waals surface area contributed by atoms with E-state index in [1.807, 2.05) is 6.92 Å². The maximum absolute atomic E-state index is 14.1. The van der Waals surface area contributed by atoms with Gasteiger partial charge in [-0.2, -0.15) is 0 Å². The van der Waals surface area contributed by atoms with Crippen molar-refractivity contribution in [1.29, 1.82) is 0 Å². The van der Waals surface area contributed by atoms with Gasteiger partial charge in [0.2, 0.25) is 0 Å². The van der Waals surface area contributed by atoms with E-state index in [1.165, 1.54) is 6.07 Å². The first-order valence-corrected chi connectivity index (χ1v) is 7.44. The van der Waals surface area contributed by atoms with Crippen LogP contribution in [0.5, 0.6) is 5.75 Å². The highest BCUT2D eigenvalue weighted by molar-refractivity contribution is 5.94. The van der Waals surface area contributed by atoms with Crippen LogP contribution in [0.2, 0.25) is 0 Å². The molecule has 2 aromatic carbocycles. The van der Waals surface area contributed by atoms with E-state index in [0.29, 0.717) is 34.5 Å². The molecule has 0 unspecified atom stereocenters. The summed E-state index contributed by atoms with van der Waals surface area (Å²) in [6.07, 6.45) is -0.290. The van der Waals surface area contributed by atoms with Gasteiger partial charge in [0.15, 0.2) is 0 Å². The van der Waals surface area contributed by atoms with Crippen LogP contribution in [0.3, 0.4) is 0 Å². The van der Waals surface area contributed by atoms with Gasteiger partial charge in [-0.15, -0.1) is 0 Å². The Hall–Kier alpha value is -2.89. The maximum Gasteiger partial charge on any atom is 0.307 e. The molecule has 0 aliphatic heterocycles. The van der Waals surface area contributed by atoms with Crippen molar-refractivity contribution in [3.63, 3.8) is 0 Å². The molecule has 0 aliphatic rings. The molecule has 0 spiro atoms. The molecule has 3 rings (SSSR count). The van der Waals surface area contributed by atoms with E-state index in [4.69, 9.17) is 4.74 Å². The zero-order valence-corrected chi connectivity index (χ0v) is 12.9. The van der Waals surface area contributed by atoms with E-state index in [-0.39, 0.29) is 12.0 Å². The number of carboxylic acid groups (broad SMARTS) is 1. The lowest BCUT2D eigenvalue weighted by Gasteiger charge is -2.05. The smallest absolute Gasteiger partial charge is 0.307 e. The number of hydrogen-bond acceptors (Lipinski definition) is 2. The van der Waals surface area contributed by atoms with Gasteiger partial charge in [-0.25, -0.2) is 8.78 Å². The predicted octanol–water partition coefficient (Wildman–Crippen LogP) is 4.14. The van der Waals surface area contributed by atoms with Crippen LogP contribution in [0.4, 0.5) is 8.78 Å². The number of hydrogen-bond donors (Lipinski definition) is 2. The van der Waals surface area contributed by atoms with Crippen LogP contribution < -0.4 is 4.74 Å². The van der Waals surface area contributed by atoms with Gasteiger partial charge >= 0.3 is 5.97 Å².